The Hall–Kier alpha value is -1.20. The zero-order chi connectivity index (χ0) is 12.6. The predicted molar refractivity (Wildman–Crippen MR) is 62.4 cm³/mol. The normalized spacial score (nSPS) is 25.1. The average Bonchev–Trinajstić information content (AvgIpc) is 2.60. The van der Waals surface area contributed by atoms with Crippen LogP contribution in [0.25, 0.3) is 0 Å². The van der Waals surface area contributed by atoms with Crippen LogP contribution in [0.5, 0.6) is 0 Å². The Kier molecular flexibility index (Phi) is 3.31. The fraction of sp³-hybridized carbons (Fsp3) is 0.455. The second-order valence-corrected chi connectivity index (χ2v) is 4.75. The zero-order valence-corrected chi connectivity index (χ0v) is 10.0. The van der Waals surface area contributed by atoms with E-state index in [2.05, 4.69) is 0 Å². The smallest absolute Gasteiger partial charge is 0.233 e. The van der Waals surface area contributed by atoms with Crippen LogP contribution in [-0.2, 0) is 0 Å². The lowest BCUT2D eigenvalue weighted by molar-refractivity contribution is -0.521. The SMILES string of the molecule is CN1CC(c2ccc(F)cc2Cl)C([N+](=O)[O-])C1. The second-order valence-electron chi connectivity index (χ2n) is 4.35. The van der Waals surface area contributed by atoms with Crippen molar-refractivity contribution in [2.45, 2.75) is 12.0 Å². The largest absolute Gasteiger partial charge is 0.299 e. The molecule has 17 heavy (non-hydrogen) atoms. The molecule has 0 radical (unpaired) electrons. The van der Waals surface area contributed by atoms with Crippen LogP contribution in [-0.4, -0.2) is 36.0 Å². The Morgan fingerprint density at radius 3 is 2.82 bits per heavy atom. The van der Waals surface area contributed by atoms with Gasteiger partial charge in [0.15, 0.2) is 0 Å². The van der Waals surface area contributed by atoms with Gasteiger partial charge in [0.05, 0.1) is 12.5 Å². The Morgan fingerprint density at radius 1 is 1.53 bits per heavy atom. The number of rotatable bonds is 2. The minimum Gasteiger partial charge on any atom is -0.299 e. The number of likely N-dealkylation sites (N-methyl/N-ethyl adjacent to an activating group) is 1. The molecular formula is C11H12ClFN2O2. The van der Waals surface area contributed by atoms with Crippen LogP contribution in [0.3, 0.4) is 0 Å². The van der Waals surface area contributed by atoms with Crippen LogP contribution in [0.15, 0.2) is 18.2 Å². The van der Waals surface area contributed by atoms with Crippen LogP contribution in [0.4, 0.5) is 4.39 Å². The van der Waals surface area contributed by atoms with Crippen LogP contribution in [0.2, 0.25) is 5.02 Å². The molecular weight excluding hydrogens is 247 g/mol. The van der Waals surface area contributed by atoms with Crippen molar-refractivity contribution in [1.29, 1.82) is 0 Å². The number of halogens is 2. The van der Waals surface area contributed by atoms with Gasteiger partial charge in [-0.3, -0.25) is 15.0 Å². The summed E-state index contributed by atoms with van der Waals surface area (Å²) in [5.41, 5.74) is 0.652. The molecule has 1 aromatic rings. The van der Waals surface area contributed by atoms with E-state index in [4.69, 9.17) is 11.6 Å². The molecule has 92 valence electrons. The highest BCUT2D eigenvalue weighted by molar-refractivity contribution is 6.31. The lowest BCUT2D eigenvalue weighted by Crippen LogP contribution is -2.27. The third-order valence-electron chi connectivity index (χ3n) is 3.10. The molecule has 1 aliphatic rings. The van der Waals surface area contributed by atoms with Crippen molar-refractivity contribution in [2.75, 3.05) is 20.1 Å². The molecule has 1 saturated heterocycles. The van der Waals surface area contributed by atoms with Crippen LogP contribution in [0.1, 0.15) is 11.5 Å². The van der Waals surface area contributed by atoms with E-state index in [0.29, 0.717) is 18.7 Å². The summed E-state index contributed by atoms with van der Waals surface area (Å²) in [5, 5.41) is 11.2. The van der Waals surface area contributed by atoms with Gasteiger partial charge in [0.25, 0.3) is 0 Å². The Labute approximate surface area is 103 Å². The number of hydrogen-bond acceptors (Lipinski definition) is 3. The van der Waals surface area contributed by atoms with Gasteiger partial charge in [-0.25, -0.2) is 4.39 Å². The third-order valence-corrected chi connectivity index (χ3v) is 3.43. The quantitative estimate of drug-likeness (QED) is 0.603. The molecule has 0 spiro atoms. The van der Waals surface area contributed by atoms with Crippen molar-refractivity contribution in [2.24, 2.45) is 0 Å². The monoisotopic (exact) mass is 258 g/mol. The van der Waals surface area contributed by atoms with Gasteiger partial charge in [0, 0.05) is 16.5 Å². The Morgan fingerprint density at radius 2 is 2.24 bits per heavy atom. The van der Waals surface area contributed by atoms with E-state index >= 15 is 0 Å². The van der Waals surface area contributed by atoms with Crippen molar-refractivity contribution in [1.82, 2.24) is 4.90 Å². The van der Waals surface area contributed by atoms with E-state index in [1.54, 1.807) is 0 Å². The Balaban J connectivity index is 2.34. The van der Waals surface area contributed by atoms with Gasteiger partial charge in [0.1, 0.15) is 5.82 Å². The Bertz CT molecular complexity index is 455. The minimum atomic E-state index is -0.678. The van der Waals surface area contributed by atoms with Gasteiger partial charge < -0.3 is 0 Å². The lowest BCUT2D eigenvalue weighted by atomic mass is 9.94. The number of likely N-dealkylation sites (tertiary alicyclic amines) is 1. The van der Waals surface area contributed by atoms with Crippen LogP contribution < -0.4 is 0 Å². The fourth-order valence-corrected chi connectivity index (χ4v) is 2.61. The van der Waals surface area contributed by atoms with Gasteiger partial charge in [-0.05, 0) is 24.7 Å². The van der Waals surface area contributed by atoms with E-state index in [-0.39, 0.29) is 15.9 Å². The van der Waals surface area contributed by atoms with Crippen molar-refractivity contribution in [3.63, 3.8) is 0 Å². The number of nitro groups is 1. The fourth-order valence-electron chi connectivity index (χ4n) is 2.30. The molecule has 0 aliphatic carbocycles. The van der Waals surface area contributed by atoms with Gasteiger partial charge in [0.2, 0.25) is 6.04 Å². The first kappa shape index (κ1) is 12.3. The first-order valence-electron chi connectivity index (χ1n) is 5.26. The zero-order valence-electron chi connectivity index (χ0n) is 9.27. The van der Waals surface area contributed by atoms with Crippen LogP contribution in [0, 0.1) is 15.9 Å². The maximum absolute atomic E-state index is 12.9. The molecule has 6 heteroatoms. The second kappa shape index (κ2) is 4.58. The topological polar surface area (TPSA) is 46.4 Å². The maximum Gasteiger partial charge on any atom is 0.233 e. The van der Waals surface area contributed by atoms with E-state index in [9.17, 15) is 14.5 Å². The minimum absolute atomic E-state index is 0.261. The van der Waals surface area contributed by atoms with Gasteiger partial charge >= 0.3 is 0 Å². The van der Waals surface area contributed by atoms with E-state index in [1.165, 1.54) is 18.2 Å². The highest BCUT2D eigenvalue weighted by Crippen LogP contribution is 2.33. The van der Waals surface area contributed by atoms with Gasteiger partial charge in [-0.1, -0.05) is 17.7 Å². The number of hydrogen-bond donors (Lipinski definition) is 0. The molecule has 1 aliphatic heterocycles. The van der Waals surface area contributed by atoms with Gasteiger partial charge in [-0.2, -0.15) is 0 Å². The summed E-state index contributed by atoms with van der Waals surface area (Å²) in [6.07, 6.45) is 0. The molecule has 2 rings (SSSR count). The molecule has 2 unspecified atom stereocenters. The third kappa shape index (κ3) is 2.40. The first-order valence-corrected chi connectivity index (χ1v) is 5.64. The summed E-state index contributed by atoms with van der Waals surface area (Å²) in [6, 6.07) is 3.35. The molecule has 1 aromatic carbocycles. The summed E-state index contributed by atoms with van der Waals surface area (Å²) < 4.78 is 12.9. The van der Waals surface area contributed by atoms with Crippen molar-refractivity contribution in [3.05, 3.63) is 44.7 Å². The number of benzene rings is 1. The highest BCUT2D eigenvalue weighted by Gasteiger charge is 2.41. The summed E-state index contributed by atoms with van der Waals surface area (Å²) in [5.74, 6) is -0.703. The first-order chi connectivity index (χ1) is 7.99. The summed E-state index contributed by atoms with van der Waals surface area (Å²) in [6.45, 7) is 0.961. The van der Waals surface area contributed by atoms with Crippen molar-refractivity contribution < 1.29 is 9.31 Å². The molecule has 0 amide bonds. The van der Waals surface area contributed by atoms with Crippen molar-refractivity contribution in [3.8, 4) is 0 Å². The summed E-state index contributed by atoms with van der Waals surface area (Å²) in [7, 11) is 1.83. The predicted octanol–water partition coefficient (Wildman–Crippen LogP) is 2.15. The molecule has 4 nitrogen and oxygen atoms in total. The molecule has 1 heterocycles. The van der Waals surface area contributed by atoms with Crippen molar-refractivity contribution >= 4 is 11.6 Å². The molecule has 1 fully saturated rings. The maximum atomic E-state index is 12.9. The highest BCUT2D eigenvalue weighted by atomic mass is 35.5. The van der Waals surface area contributed by atoms with Gasteiger partial charge in [-0.15, -0.1) is 0 Å². The van der Waals surface area contributed by atoms with Crippen LogP contribution >= 0.6 is 11.6 Å². The molecule has 0 saturated carbocycles. The van der Waals surface area contributed by atoms with E-state index in [0.717, 1.165) is 0 Å². The average molecular weight is 259 g/mol. The summed E-state index contributed by atoms with van der Waals surface area (Å²) in [4.78, 5) is 12.6. The number of nitrogens with zero attached hydrogens (tertiary/aromatic N) is 2. The molecule has 0 N–H and O–H groups in total. The van der Waals surface area contributed by atoms with E-state index < -0.39 is 11.9 Å². The summed E-state index contributed by atoms with van der Waals surface area (Å²) >= 11 is 5.95. The molecule has 0 bridgehead atoms. The molecule has 0 aromatic heterocycles. The lowest BCUT2D eigenvalue weighted by Gasteiger charge is -2.14. The standard InChI is InChI=1S/C11H12ClFN2O2/c1-14-5-9(11(6-14)15(16)17)8-3-2-7(13)4-10(8)12/h2-4,9,11H,5-6H2,1H3. The van der Waals surface area contributed by atoms with E-state index in [1.807, 2.05) is 11.9 Å². The molecule has 2 atom stereocenters.